The molecule has 124 valence electrons. The van der Waals surface area contributed by atoms with Gasteiger partial charge in [-0.3, -0.25) is 9.69 Å². The lowest BCUT2D eigenvalue weighted by molar-refractivity contribution is -0.119. The highest BCUT2D eigenvalue weighted by Gasteiger charge is 2.10. The molecule has 0 aliphatic rings. The van der Waals surface area contributed by atoms with Crippen molar-refractivity contribution in [1.29, 1.82) is 0 Å². The van der Waals surface area contributed by atoms with Crippen molar-refractivity contribution in [3.05, 3.63) is 70.7 Å². The van der Waals surface area contributed by atoms with Gasteiger partial charge in [0.1, 0.15) is 0 Å². The lowest BCUT2D eigenvalue weighted by atomic mass is 10.1. The second kappa shape index (κ2) is 7.90. The van der Waals surface area contributed by atoms with E-state index in [-0.39, 0.29) is 12.5 Å². The Hall–Kier alpha value is -2.44. The van der Waals surface area contributed by atoms with Gasteiger partial charge in [-0.05, 0) is 52.6 Å². The zero-order chi connectivity index (χ0) is 16.8. The number of primary amides is 1. The molecular formula is C18H20N4OS. The Balaban J connectivity index is 1.60. The molecule has 6 heteroatoms. The molecule has 0 radical (unpaired) electrons. The number of carbonyl (C=O) groups excluding carboxylic acids is 1. The fraction of sp³-hybridized carbons (Fsp3) is 0.222. The van der Waals surface area contributed by atoms with Crippen molar-refractivity contribution < 1.29 is 4.79 Å². The molecule has 0 atom stereocenters. The zero-order valence-electron chi connectivity index (χ0n) is 13.3. The first-order chi connectivity index (χ1) is 11.7. The molecule has 1 aromatic carbocycles. The molecule has 0 saturated carbocycles. The number of nitrogens with two attached hydrogens (primary N) is 1. The molecule has 0 spiro atoms. The first-order valence-corrected chi connectivity index (χ1v) is 8.76. The van der Waals surface area contributed by atoms with E-state index in [2.05, 4.69) is 45.7 Å². The van der Waals surface area contributed by atoms with Crippen molar-refractivity contribution in [2.45, 2.75) is 13.0 Å². The average Bonchev–Trinajstić information content (AvgIpc) is 3.26. The lowest BCUT2D eigenvalue weighted by Crippen LogP contribution is -2.34. The third-order valence-electron chi connectivity index (χ3n) is 3.79. The van der Waals surface area contributed by atoms with E-state index in [0.717, 1.165) is 25.2 Å². The number of rotatable bonds is 8. The van der Waals surface area contributed by atoms with Gasteiger partial charge in [0.05, 0.1) is 12.2 Å². The fourth-order valence-electron chi connectivity index (χ4n) is 2.60. The Morgan fingerprint density at radius 3 is 2.67 bits per heavy atom. The number of hydrogen-bond acceptors (Lipinski definition) is 4. The highest BCUT2D eigenvalue weighted by atomic mass is 32.1. The van der Waals surface area contributed by atoms with Crippen molar-refractivity contribution >= 4 is 17.2 Å². The molecule has 3 rings (SSSR count). The maximum Gasteiger partial charge on any atom is 0.231 e. The molecule has 0 bridgehead atoms. The number of aromatic nitrogens is 2. The second-order valence-corrected chi connectivity index (χ2v) is 6.46. The molecule has 0 unspecified atom stereocenters. The summed E-state index contributed by atoms with van der Waals surface area (Å²) < 4.78 is 1.83. The van der Waals surface area contributed by atoms with E-state index in [4.69, 9.17) is 5.73 Å². The van der Waals surface area contributed by atoms with Gasteiger partial charge in [0.15, 0.2) is 0 Å². The van der Waals surface area contributed by atoms with Gasteiger partial charge in [-0.15, -0.1) is 0 Å². The van der Waals surface area contributed by atoms with Crippen LogP contribution in [0.1, 0.15) is 11.1 Å². The highest BCUT2D eigenvalue weighted by molar-refractivity contribution is 7.07. The largest absolute Gasteiger partial charge is 0.369 e. The summed E-state index contributed by atoms with van der Waals surface area (Å²) in [6.45, 7) is 1.82. The van der Waals surface area contributed by atoms with E-state index in [0.29, 0.717) is 0 Å². The highest BCUT2D eigenvalue weighted by Crippen LogP contribution is 2.12. The molecule has 2 N–H and O–H groups in total. The van der Waals surface area contributed by atoms with Gasteiger partial charge in [-0.1, -0.05) is 12.1 Å². The smallest absolute Gasteiger partial charge is 0.231 e. The maximum absolute atomic E-state index is 11.3. The van der Waals surface area contributed by atoms with Crippen LogP contribution in [0.25, 0.3) is 5.69 Å². The number of hydrogen-bond donors (Lipinski definition) is 1. The van der Waals surface area contributed by atoms with Gasteiger partial charge in [0.2, 0.25) is 5.91 Å². The summed E-state index contributed by atoms with van der Waals surface area (Å²) in [6, 6.07) is 12.3. The Bertz CT molecular complexity index is 751. The van der Waals surface area contributed by atoms with Gasteiger partial charge < -0.3 is 5.73 Å². The summed E-state index contributed by atoms with van der Waals surface area (Å²) in [5.74, 6) is -0.292. The van der Waals surface area contributed by atoms with Crippen LogP contribution in [0.5, 0.6) is 0 Å². The Labute approximate surface area is 145 Å². The van der Waals surface area contributed by atoms with Crippen LogP contribution in [0.4, 0.5) is 0 Å². The third-order valence-corrected chi connectivity index (χ3v) is 4.52. The Kier molecular flexibility index (Phi) is 5.40. The fourth-order valence-corrected chi connectivity index (χ4v) is 3.26. The quantitative estimate of drug-likeness (QED) is 0.685. The van der Waals surface area contributed by atoms with Crippen molar-refractivity contribution in [3.63, 3.8) is 0 Å². The molecular weight excluding hydrogens is 320 g/mol. The van der Waals surface area contributed by atoms with Crippen LogP contribution >= 0.6 is 11.3 Å². The van der Waals surface area contributed by atoms with Crippen LogP contribution in [0, 0.1) is 0 Å². The van der Waals surface area contributed by atoms with Gasteiger partial charge in [0.25, 0.3) is 0 Å². The zero-order valence-corrected chi connectivity index (χ0v) is 14.2. The minimum absolute atomic E-state index is 0.279. The van der Waals surface area contributed by atoms with Gasteiger partial charge >= 0.3 is 0 Å². The summed E-state index contributed by atoms with van der Waals surface area (Å²) in [4.78, 5) is 13.4. The normalized spacial score (nSPS) is 11.0. The van der Waals surface area contributed by atoms with Crippen molar-refractivity contribution in [2.75, 3.05) is 13.1 Å². The van der Waals surface area contributed by atoms with Crippen LogP contribution in [0.2, 0.25) is 0 Å². The molecule has 1 amide bonds. The predicted octanol–water partition coefficient (Wildman–Crippen LogP) is 2.46. The minimum atomic E-state index is -0.292. The van der Waals surface area contributed by atoms with Crippen LogP contribution in [0.15, 0.2) is 59.6 Å². The van der Waals surface area contributed by atoms with Crippen molar-refractivity contribution in [1.82, 2.24) is 14.7 Å². The Morgan fingerprint density at radius 2 is 2.04 bits per heavy atom. The first kappa shape index (κ1) is 16.4. The first-order valence-electron chi connectivity index (χ1n) is 7.81. The van der Waals surface area contributed by atoms with Gasteiger partial charge in [0, 0.05) is 25.5 Å². The molecule has 2 aromatic heterocycles. The van der Waals surface area contributed by atoms with Crippen LogP contribution < -0.4 is 5.73 Å². The molecule has 0 aliphatic heterocycles. The van der Waals surface area contributed by atoms with Crippen LogP contribution in [0.3, 0.4) is 0 Å². The second-order valence-electron chi connectivity index (χ2n) is 5.68. The third kappa shape index (κ3) is 4.53. The maximum atomic E-state index is 11.3. The molecule has 0 aliphatic carbocycles. The molecule has 0 saturated heterocycles. The number of thiophene rings is 1. The predicted molar refractivity (Wildman–Crippen MR) is 96.1 cm³/mol. The van der Waals surface area contributed by atoms with Crippen molar-refractivity contribution in [2.24, 2.45) is 5.73 Å². The number of benzene rings is 1. The summed E-state index contributed by atoms with van der Waals surface area (Å²) in [7, 11) is 0. The summed E-state index contributed by atoms with van der Waals surface area (Å²) in [5, 5.41) is 8.37. The molecule has 2 heterocycles. The number of amides is 1. The standard InChI is InChI=1S/C18H20N4OS/c19-18(23)13-21(12-16-7-11-24-14-16)10-6-15-2-4-17(5-3-15)22-9-1-8-20-22/h1-5,7-9,11,14H,6,10,12-13H2,(H2,19,23). The monoisotopic (exact) mass is 340 g/mol. The van der Waals surface area contributed by atoms with E-state index < -0.39 is 0 Å². The van der Waals surface area contributed by atoms with E-state index in [9.17, 15) is 4.79 Å². The van der Waals surface area contributed by atoms with E-state index in [1.54, 1.807) is 17.5 Å². The SMILES string of the molecule is NC(=O)CN(CCc1ccc(-n2cccn2)cc1)Cc1ccsc1. The summed E-state index contributed by atoms with van der Waals surface area (Å²) >= 11 is 1.66. The van der Waals surface area contributed by atoms with Crippen molar-refractivity contribution in [3.8, 4) is 5.69 Å². The molecule has 0 fully saturated rings. The molecule has 5 nitrogen and oxygen atoms in total. The van der Waals surface area contributed by atoms with E-state index >= 15 is 0 Å². The summed E-state index contributed by atoms with van der Waals surface area (Å²) in [5.41, 5.74) is 8.86. The topological polar surface area (TPSA) is 64.2 Å². The van der Waals surface area contributed by atoms with Gasteiger partial charge in [-0.25, -0.2) is 4.68 Å². The average molecular weight is 340 g/mol. The molecule has 3 aromatic rings. The lowest BCUT2D eigenvalue weighted by Gasteiger charge is -2.20. The van der Waals surface area contributed by atoms with Gasteiger partial charge in [-0.2, -0.15) is 16.4 Å². The van der Waals surface area contributed by atoms with Crippen LogP contribution in [-0.4, -0.2) is 33.7 Å². The van der Waals surface area contributed by atoms with Crippen LogP contribution in [-0.2, 0) is 17.8 Å². The summed E-state index contributed by atoms with van der Waals surface area (Å²) in [6.07, 6.45) is 4.56. The van der Waals surface area contributed by atoms with E-state index in [1.807, 2.05) is 22.3 Å². The number of carbonyl (C=O) groups is 1. The Morgan fingerprint density at radius 1 is 1.21 bits per heavy atom. The molecule has 24 heavy (non-hydrogen) atoms. The number of nitrogens with zero attached hydrogens (tertiary/aromatic N) is 3. The minimum Gasteiger partial charge on any atom is -0.369 e. The van der Waals surface area contributed by atoms with E-state index in [1.165, 1.54) is 11.1 Å².